The first-order valence-electron chi connectivity index (χ1n) is 16.3. The third-order valence-corrected chi connectivity index (χ3v) is 9.79. The quantitative estimate of drug-likeness (QED) is 0.204. The molecular formula is C41H44N4O. The van der Waals surface area contributed by atoms with Gasteiger partial charge in [0.15, 0.2) is 0 Å². The molecule has 1 aliphatic heterocycles. The second kappa shape index (κ2) is 10.4. The van der Waals surface area contributed by atoms with Gasteiger partial charge in [-0.05, 0) is 114 Å². The van der Waals surface area contributed by atoms with Gasteiger partial charge in [0, 0.05) is 23.9 Å². The Morgan fingerprint density at radius 1 is 0.804 bits per heavy atom. The highest BCUT2D eigenvalue weighted by molar-refractivity contribution is 5.80. The highest BCUT2D eigenvalue weighted by Gasteiger charge is 2.48. The van der Waals surface area contributed by atoms with Crippen LogP contribution < -0.4 is 9.64 Å². The van der Waals surface area contributed by atoms with Crippen LogP contribution in [0.3, 0.4) is 0 Å². The predicted molar refractivity (Wildman–Crippen MR) is 190 cm³/mol. The standard InChI is InChI=1S/C41H44N4O/c1-26-18-35-37(19-27(26)2)44(25-43-35)30-20-29(40(6,7)8)21-32(23-30)46-31-14-15-34-33-12-10-11-13-36(33)45(41(34,9)24-31)38-22-28(16-17-42-38)39(3,4)5/h10-25,34H,1-9H3. The molecule has 7 rings (SSSR count). The number of aryl methyl sites for hydroxylation is 2. The molecule has 2 atom stereocenters. The van der Waals surface area contributed by atoms with Crippen LogP contribution in [0.15, 0.2) is 103 Å². The minimum atomic E-state index is -0.405. The van der Waals surface area contributed by atoms with Crippen LogP contribution in [0, 0.1) is 13.8 Å². The lowest BCUT2D eigenvalue weighted by molar-refractivity contribution is 0.415. The van der Waals surface area contributed by atoms with Crippen LogP contribution in [0.2, 0.25) is 0 Å². The van der Waals surface area contributed by atoms with Gasteiger partial charge in [0.1, 0.15) is 23.7 Å². The summed E-state index contributed by atoms with van der Waals surface area (Å²) in [6.07, 6.45) is 10.6. The van der Waals surface area contributed by atoms with Crippen molar-refractivity contribution in [3.05, 3.63) is 131 Å². The fourth-order valence-corrected chi connectivity index (χ4v) is 6.91. The number of anilines is 2. The molecule has 0 N–H and O–H groups in total. The Labute approximate surface area is 273 Å². The second-order valence-electron chi connectivity index (χ2n) is 15.3. The van der Waals surface area contributed by atoms with E-state index in [2.05, 4.69) is 157 Å². The maximum Gasteiger partial charge on any atom is 0.134 e. The predicted octanol–water partition coefficient (Wildman–Crippen LogP) is 10.2. The molecule has 0 saturated heterocycles. The van der Waals surface area contributed by atoms with Gasteiger partial charge in [-0.3, -0.25) is 4.57 Å². The fourth-order valence-electron chi connectivity index (χ4n) is 6.91. The van der Waals surface area contributed by atoms with Gasteiger partial charge in [-0.1, -0.05) is 65.8 Å². The topological polar surface area (TPSA) is 43.2 Å². The van der Waals surface area contributed by atoms with Crippen molar-refractivity contribution < 1.29 is 4.74 Å². The largest absolute Gasteiger partial charge is 0.458 e. The van der Waals surface area contributed by atoms with E-state index in [1.165, 1.54) is 33.5 Å². The van der Waals surface area contributed by atoms with Crippen LogP contribution >= 0.6 is 0 Å². The van der Waals surface area contributed by atoms with Crippen LogP contribution in [0.4, 0.5) is 11.5 Å². The van der Waals surface area contributed by atoms with Gasteiger partial charge in [0.2, 0.25) is 0 Å². The summed E-state index contributed by atoms with van der Waals surface area (Å²) in [7, 11) is 0. The summed E-state index contributed by atoms with van der Waals surface area (Å²) in [6.45, 7) is 20.1. The van der Waals surface area contributed by atoms with Crippen molar-refractivity contribution in [2.45, 2.75) is 84.6 Å². The summed E-state index contributed by atoms with van der Waals surface area (Å²) < 4.78 is 8.99. The van der Waals surface area contributed by atoms with E-state index in [9.17, 15) is 0 Å². The number of hydrogen-bond donors (Lipinski definition) is 0. The molecule has 5 nitrogen and oxygen atoms in total. The maximum atomic E-state index is 6.81. The van der Waals surface area contributed by atoms with Crippen LogP contribution in [0.5, 0.6) is 5.75 Å². The number of imidazole rings is 1. The first kappa shape index (κ1) is 30.0. The summed E-state index contributed by atoms with van der Waals surface area (Å²) in [4.78, 5) is 12.1. The van der Waals surface area contributed by atoms with E-state index in [4.69, 9.17) is 14.7 Å². The zero-order chi connectivity index (χ0) is 32.6. The van der Waals surface area contributed by atoms with Crippen LogP contribution in [0.1, 0.15) is 82.2 Å². The second-order valence-corrected chi connectivity index (χ2v) is 15.3. The lowest BCUT2D eigenvalue weighted by atomic mass is 9.80. The molecule has 5 heteroatoms. The van der Waals surface area contributed by atoms with Gasteiger partial charge in [0.05, 0.1) is 22.3 Å². The third kappa shape index (κ3) is 5.02. The molecule has 2 unspecified atom stereocenters. The summed E-state index contributed by atoms with van der Waals surface area (Å²) in [5.41, 5.74) is 10.1. The number of fused-ring (bicyclic) bond motifs is 4. The van der Waals surface area contributed by atoms with Crippen LogP contribution in [-0.4, -0.2) is 20.1 Å². The van der Waals surface area contributed by atoms with Crippen molar-refractivity contribution >= 4 is 22.5 Å². The molecule has 3 aromatic carbocycles. The Morgan fingerprint density at radius 3 is 2.30 bits per heavy atom. The highest BCUT2D eigenvalue weighted by Crippen LogP contribution is 2.54. The fraction of sp³-hybridized carbons (Fsp3) is 0.317. The molecule has 0 fully saturated rings. The number of pyridine rings is 1. The Kier molecular flexibility index (Phi) is 6.82. The first-order chi connectivity index (χ1) is 21.7. The number of nitrogens with zero attached hydrogens (tertiary/aromatic N) is 4. The van der Waals surface area contributed by atoms with Crippen molar-refractivity contribution in [1.29, 1.82) is 0 Å². The van der Waals surface area contributed by atoms with Crippen molar-refractivity contribution in [3.63, 3.8) is 0 Å². The zero-order valence-electron chi connectivity index (χ0n) is 28.5. The zero-order valence-corrected chi connectivity index (χ0v) is 28.5. The molecule has 1 aliphatic carbocycles. The number of ether oxygens (including phenoxy) is 1. The SMILES string of the molecule is Cc1cc2ncn(-c3cc(OC4=CC5(C)C(C=C4)c4ccccc4N5c4cc(C(C)(C)C)ccn4)cc(C(C)(C)C)c3)c2cc1C. The summed E-state index contributed by atoms with van der Waals surface area (Å²) in [5, 5.41) is 0. The molecule has 5 aromatic rings. The van der Waals surface area contributed by atoms with Gasteiger partial charge >= 0.3 is 0 Å². The molecular weight excluding hydrogens is 564 g/mol. The number of rotatable bonds is 4. The first-order valence-corrected chi connectivity index (χ1v) is 16.3. The van der Waals surface area contributed by atoms with Crippen molar-refractivity contribution in [2.24, 2.45) is 0 Å². The summed E-state index contributed by atoms with van der Waals surface area (Å²) >= 11 is 0. The molecule has 0 amide bonds. The van der Waals surface area contributed by atoms with E-state index in [0.717, 1.165) is 34.0 Å². The minimum absolute atomic E-state index is 0.0156. The van der Waals surface area contributed by atoms with E-state index >= 15 is 0 Å². The molecule has 0 radical (unpaired) electrons. The lowest BCUT2D eigenvalue weighted by Crippen LogP contribution is -2.43. The number of hydrogen-bond acceptors (Lipinski definition) is 4. The summed E-state index contributed by atoms with van der Waals surface area (Å²) in [6, 6.07) is 24.0. The molecule has 2 aliphatic rings. The van der Waals surface area contributed by atoms with Gasteiger partial charge < -0.3 is 9.64 Å². The highest BCUT2D eigenvalue weighted by atomic mass is 16.5. The molecule has 2 aromatic heterocycles. The number of allylic oxidation sites excluding steroid dienone is 1. The molecule has 234 valence electrons. The molecule has 0 saturated carbocycles. The normalized spacial score (nSPS) is 19.3. The molecule has 46 heavy (non-hydrogen) atoms. The summed E-state index contributed by atoms with van der Waals surface area (Å²) in [5.74, 6) is 2.74. The van der Waals surface area contributed by atoms with E-state index in [1.807, 2.05) is 12.5 Å². The molecule has 3 heterocycles. The number of para-hydroxylation sites is 1. The number of aromatic nitrogens is 3. The molecule has 0 spiro atoms. The van der Waals surface area contributed by atoms with Crippen molar-refractivity contribution in [2.75, 3.05) is 4.90 Å². The monoisotopic (exact) mass is 608 g/mol. The smallest absolute Gasteiger partial charge is 0.134 e. The maximum absolute atomic E-state index is 6.81. The number of benzene rings is 3. The Balaban J connectivity index is 1.32. The van der Waals surface area contributed by atoms with Crippen molar-refractivity contribution in [1.82, 2.24) is 14.5 Å². The lowest BCUT2D eigenvalue weighted by Gasteiger charge is -2.39. The van der Waals surface area contributed by atoms with Gasteiger partial charge in [0.25, 0.3) is 0 Å². The van der Waals surface area contributed by atoms with E-state index in [1.54, 1.807) is 0 Å². The van der Waals surface area contributed by atoms with Gasteiger partial charge in [-0.15, -0.1) is 0 Å². The van der Waals surface area contributed by atoms with Crippen molar-refractivity contribution in [3.8, 4) is 11.4 Å². The van der Waals surface area contributed by atoms with Gasteiger partial charge in [-0.2, -0.15) is 0 Å². The van der Waals surface area contributed by atoms with E-state index in [-0.39, 0.29) is 16.7 Å². The minimum Gasteiger partial charge on any atom is -0.458 e. The van der Waals surface area contributed by atoms with E-state index < -0.39 is 5.54 Å². The average molecular weight is 609 g/mol. The van der Waals surface area contributed by atoms with E-state index in [0.29, 0.717) is 0 Å². The van der Waals surface area contributed by atoms with Crippen LogP contribution in [0.25, 0.3) is 16.7 Å². The Morgan fingerprint density at radius 2 is 1.54 bits per heavy atom. The van der Waals surface area contributed by atoms with Gasteiger partial charge in [-0.25, -0.2) is 9.97 Å². The third-order valence-electron chi connectivity index (χ3n) is 9.79. The Hall–Kier alpha value is -4.64. The Bertz CT molecular complexity index is 2050. The molecule has 0 bridgehead atoms. The van der Waals surface area contributed by atoms with Crippen LogP contribution in [-0.2, 0) is 10.8 Å². The average Bonchev–Trinajstić information content (AvgIpc) is 3.51.